The lowest BCUT2D eigenvalue weighted by Crippen LogP contribution is -2.51. The van der Waals surface area contributed by atoms with E-state index in [1.54, 1.807) is 13.8 Å². The van der Waals surface area contributed by atoms with E-state index in [-0.39, 0.29) is 10.6 Å². The molecule has 2 rings (SSSR count). The highest BCUT2D eigenvalue weighted by atomic mass is 32.2. The van der Waals surface area contributed by atoms with Gasteiger partial charge in [0.1, 0.15) is 10.6 Å². The molecule has 2 aromatic carbocycles. The molecule has 1 atom stereocenters. The van der Waals surface area contributed by atoms with E-state index in [2.05, 4.69) is 0 Å². The van der Waals surface area contributed by atoms with Crippen molar-refractivity contribution in [1.82, 2.24) is 4.72 Å². The predicted octanol–water partition coefficient (Wildman–Crippen LogP) is 3.04. The molecule has 0 radical (unpaired) electrons. The molecule has 0 saturated heterocycles. The van der Waals surface area contributed by atoms with E-state index in [1.807, 2.05) is 4.72 Å². The summed E-state index contributed by atoms with van der Waals surface area (Å²) >= 11 is 0. The highest BCUT2D eigenvalue weighted by molar-refractivity contribution is 7.89. The van der Waals surface area contributed by atoms with Crippen LogP contribution in [0.25, 0.3) is 0 Å². The number of hydrogen-bond acceptors (Lipinski definition) is 4. The summed E-state index contributed by atoms with van der Waals surface area (Å²) in [6, 6.07) is 9.10. The zero-order valence-corrected chi connectivity index (χ0v) is 15.8. The van der Waals surface area contributed by atoms with Crippen LogP contribution in [0.15, 0.2) is 47.4 Å². The van der Waals surface area contributed by atoms with Crippen molar-refractivity contribution in [2.24, 2.45) is 0 Å². The lowest BCUT2D eigenvalue weighted by atomic mass is 9.93. The fraction of sp³-hybridized carbons (Fsp3) is 0.333. The Kier molecular flexibility index (Phi) is 5.88. The molecule has 0 heterocycles. The van der Waals surface area contributed by atoms with Crippen LogP contribution in [0.3, 0.4) is 0 Å². The fourth-order valence-corrected chi connectivity index (χ4v) is 3.78. The monoisotopic (exact) mass is 403 g/mol. The van der Waals surface area contributed by atoms with Crippen LogP contribution in [0.1, 0.15) is 16.7 Å². The van der Waals surface area contributed by atoms with Crippen LogP contribution in [-0.2, 0) is 15.6 Å². The zero-order valence-electron chi connectivity index (χ0n) is 15.0. The molecule has 0 bridgehead atoms. The number of alkyl halides is 3. The first-order valence-corrected chi connectivity index (χ1v) is 9.40. The molecule has 0 saturated carbocycles. The number of methoxy groups -OCH3 is 1. The van der Waals surface area contributed by atoms with Gasteiger partial charge < -0.3 is 9.84 Å². The van der Waals surface area contributed by atoms with Crippen LogP contribution in [0.4, 0.5) is 13.2 Å². The number of ether oxygens (including phenoxy) is 1. The number of nitrogens with one attached hydrogen (secondary N) is 1. The summed E-state index contributed by atoms with van der Waals surface area (Å²) in [6.07, 6.45) is -5.09. The minimum atomic E-state index is -5.09. The van der Waals surface area contributed by atoms with Crippen molar-refractivity contribution in [2.45, 2.75) is 30.5 Å². The van der Waals surface area contributed by atoms with Crippen molar-refractivity contribution >= 4 is 10.0 Å². The Labute approximate surface area is 155 Å². The number of sulfonamides is 1. The predicted molar refractivity (Wildman–Crippen MR) is 94.1 cm³/mol. The average Bonchev–Trinajstić information content (AvgIpc) is 2.61. The van der Waals surface area contributed by atoms with Gasteiger partial charge in [0.2, 0.25) is 10.0 Å². The maximum atomic E-state index is 13.5. The number of aliphatic hydroxyl groups is 1. The Hall–Kier alpha value is -2.10. The maximum Gasteiger partial charge on any atom is 0.422 e. The van der Waals surface area contributed by atoms with Gasteiger partial charge in [-0.1, -0.05) is 30.3 Å². The summed E-state index contributed by atoms with van der Waals surface area (Å²) in [4.78, 5) is -0.300. The van der Waals surface area contributed by atoms with E-state index in [0.717, 1.165) is 17.7 Å². The summed E-state index contributed by atoms with van der Waals surface area (Å²) in [5.41, 5.74) is -2.45. The van der Waals surface area contributed by atoms with Gasteiger partial charge in [-0.25, -0.2) is 13.1 Å². The first kappa shape index (κ1) is 21.2. The highest BCUT2D eigenvalue weighted by Gasteiger charge is 2.55. The Bertz CT molecular complexity index is 914. The minimum absolute atomic E-state index is 0.000796. The van der Waals surface area contributed by atoms with E-state index in [9.17, 15) is 26.7 Å². The summed E-state index contributed by atoms with van der Waals surface area (Å²) in [5, 5.41) is 10.3. The molecule has 5 nitrogen and oxygen atoms in total. The molecule has 9 heteroatoms. The molecule has 0 aliphatic carbocycles. The molecule has 0 unspecified atom stereocenters. The van der Waals surface area contributed by atoms with Gasteiger partial charge in [-0.05, 0) is 42.7 Å². The van der Waals surface area contributed by atoms with Crippen molar-refractivity contribution in [2.75, 3.05) is 13.7 Å². The second-order valence-electron chi connectivity index (χ2n) is 6.14. The van der Waals surface area contributed by atoms with Crippen LogP contribution in [0.2, 0.25) is 0 Å². The van der Waals surface area contributed by atoms with Gasteiger partial charge >= 0.3 is 6.18 Å². The summed E-state index contributed by atoms with van der Waals surface area (Å²) in [5.74, 6) is 0.000796. The van der Waals surface area contributed by atoms with Crippen LogP contribution >= 0.6 is 0 Å². The second-order valence-corrected chi connectivity index (χ2v) is 7.87. The van der Waals surface area contributed by atoms with Crippen LogP contribution in [0, 0.1) is 13.8 Å². The molecule has 2 aromatic rings. The summed E-state index contributed by atoms with van der Waals surface area (Å²) in [6.45, 7) is 2.14. The van der Waals surface area contributed by atoms with Crippen molar-refractivity contribution < 1.29 is 31.4 Å². The lowest BCUT2D eigenvalue weighted by molar-refractivity contribution is -0.263. The first-order chi connectivity index (χ1) is 12.4. The second kappa shape index (κ2) is 7.49. The molecule has 27 heavy (non-hydrogen) atoms. The Morgan fingerprint density at radius 1 is 1.07 bits per heavy atom. The number of halogens is 3. The molecule has 0 aliphatic heterocycles. The van der Waals surface area contributed by atoms with Gasteiger partial charge in [0.25, 0.3) is 0 Å². The molecule has 0 spiro atoms. The minimum Gasteiger partial charge on any atom is -0.495 e. The number of benzene rings is 2. The van der Waals surface area contributed by atoms with Crippen LogP contribution in [-0.4, -0.2) is 33.4 Å². The van der Waals surface area contributed by atoms with Crippen molar-refractivity contribution in [1.29, 1.82) is 0 Å². The van der Waals surface area contributed by atoms with Gasteiger partial charge in [-0.2, -0.15) is 13.2 Å². The van der Waals surface area contributed by atoms with E-state index in [4.69, 9.17) is 4.74 Å². The van der Waals surface area contributed by atoms with Crippen LogP contribution in [0.5, 0.6) is 5.75 Å². The maximum absolute atomic E-state index is 13.5. The van der Waals surface area contributed by atoms with Crippen molar-refractivity contribution in [3.05, 3.63) is 59.2 Å². The van der Waals surface area contributed by atoms with Gasteiger partial charge in [-0.3, -0.25) is 0 Å². The molecule has 148 valence electrons. The van der Waals surface area contributed by atoms with E-state index in [0.29, 0.717) is 5.56 Å². The largest absolute Gasteiger partial charge is 0.495 e. The smallest absolute Gasteiger partial charge is 0.422 e. The fourth-order valence-electron chi connectivity index (χ4n) is 2.49. The Morgan fingerprint density at radius 2 is 1.63 bits per heavy atom. The molecule has 0 amide bonds. The molecular formula is C18H20F3NO4S. The number of rotatable bonds is 6. The van der Waals surface area contributed by atoms with Crippen molar-refractivity contribution in [3.8, 4) is 5.75 Å². The molecule has 0 fully saturated rings. The standard InChI is InChI=1S/C18H20F3NO4S/c1-12-9-15(26-3)16(10-13(12)2)27(24,25)22-11-17(23,18(19,20)21)14-7-5-4-6-8-14/h4-10,22-23H,11H2,1-3H3/t17-/m1/s1. The molecule has 2 N–H and O–H groups in total. The lowest BCUT2D eigenvalue weighted by Gasteiger charge is -2.31. The Morgan fingerprint density at radius 3 is 2.15 bits per heavy atom. The Balaban J connectivity index is 2.42. The molecule has 0 aromatic heterocycles. The normalized spacial score (nSPS) is 14.6. The topological polar surface area (TPSA) is 75.6 Å². The summed E-state index contributed by atoms with van der Waals surface area (Å²) in [7, 11) is -3.12. The number of hydrogen-bond donors (Lipinski definition) is 2. The van der Waals surface area contributed by atoms with E-state index in [1.165, 1.54) is 37.4 Å². The van der Waals surface area contributed by atoms with Gasteiger partial charge in [0.15, 0.2) is 5.60 Å². The zero-order chi connectivity index (χ0) is 20.5. The third-order valence-corrected chi connectivity index (χ3v) is 5.73. The SMILES string of the molecule is COc1cc(C)c(C)cc1S(=O)(=O)NC[C@@](O)(c1ccccc1)C(F)(F)F. The van der Waals surface area contributed by atoms with Gasteiger partial charge in [0, 0.05) is 0 Å². The first-order valence-electron chi connectivity index (χ1n) is 7.92. The van der Waals surface area contributed by atoms with Crippen molar-refractivity contribution in [3.63, 3.8) is 0 Å². The average molecular weight is 403 g/mol. The third-order valence-electron chi connectivity index (χ3n) is 4.31. The van der Waals surface area contributed by atoms with E-state index < -0.39 is 33.9 Å². The van der Waals surface area contributed by atoms with Gasteiger partial charge in [-0.15, -0.1) is 0 Å². The highest BCUT2D eigenvalue weighted by Crippen LogP contribution is 2.39. The molecule has 0 aliphatic rings. The quantitative estimate of drug-likeness (QED) is 0.778. The third kappa shape index (κ3) is 4.26. The number of aryl methyl sites for hydroxylation is 2. The van der Waals surface area contributed by atoms with Gasteiger partial charge in [0.05, 0.1) is 13.7 Å². The molecular weight excluding hydrogens is 383 g/mol. The van der Waals surface area contributed by atoms with E-state index >= 15 is 0 Å². The summed E-state index contributed by atoms with van der Waals surface area (Å²) < 4.78 is 72.7. The van der Waals surface area contributed by atoms with Crippen LogP contribution < -0.4 is 9.46 Å².